The zero-order valence-electron chi connectivity index (χ0n) is 12.2. The molecule has 21 heavy (non-hydrogen) atoms. The minimum absolute atomic E-state index is 0.0815. The van der Waals surface area contributed by atoms with Gasteiger partial charge >= 0.3 is 5.97 Å². The molecule has 1 aromatic rings. The number of carboxylic acid groups (broad SMARTS) is 1. The molecule has 1 aromatic carbocycles. The average Bonchev–Trinajstić information content (AvgIpc) is 2.44. The van der Waals surface area contributed by atoms with Crippen molar-refractivity contribution in [3.8, 4) is 0 Å². The second-order valence-corrected chi connectivity index (χ2v) is 6.47. The number of nitrogens with one attached hydrogen (secondary N) is 1. The number of rotatable bonds is 9. The summed E-state index contributed by atoms with van der Waals surface area (Å²) < 4.78 is 31.5. The summed E-state index contributed by atoms with van der Waals surface area (Å²) in [5.41, 5.74) is 1.08. The topological polar surface area (TPSA) is 92.7 Å². The van der Waals surface area contributed by atoms with E-state index in [1.807, 2.05) is 0 Å². The van der Waals surface area contributed by atoms with Crippen molar-refractivity contribution in [2.24, 2.45) is 0 Å². The van der Waals surface area contributed by atoms with Crippen molar-refractivity contribution in [2.45, 2.75) is 37.2 Å². The number of hydrogen-bond acceptors (Lipinski definition) is 4. The van der Waals surface area contributed by atoms with E-state index in [-0.39, 0.29) is 17.9 Å². The number of sulfonamides is 1. The van der Waals surface area contributed by atoms with Crippen molar-refractivity contribution in [3.63, 3.8) is 0 Å². The monoisotopic (exact) mass is 315 g/mol. The second-order valence-electron chi connectivity index (χ2n) is 4.70. The molecule has 0 aliphatic rings. The third kappa shape index (κ3) is 5.82. The highest BCUT2D eigenvalue weighted by Crippen LogP contribution is 2.12. The molecule has 0 heterocycles. The van der Waals surface area contributed by atoms with Crippen LogP contribution in [-0.2, 0) is 26.0 Å². The van der Waals surface area contributed by atoms with Crippen LogP contribution in [0.3, 0.4) is 0 Å². The van der Waals surface area contributed by atoms with Crippen LogP contribution in [0.25, 0.3) is 0 Å². The molecular weight excluding hydrogens is 294 g/mol. The van der Waals surface area contributed by atoms with Gasteiger partial charge in [0.25, 0.3) is 0 Å². The second kappa shape index (κ2) is 8.11. The van der Waals surface area contributed by atoms with Gasteiger partial charge in [0.15, 0.2) is 0 Å². The highest BCUT2D eigenvalue weighted by molar-refractivity contribution is 7.89. The minimum atomic E-state index is -3.66. The van der Waals surface area contributed by atoms with Crippen molar-refractivity contribution < 1.29 is 23.1 Å². The van der Waals surface area contributed by atoms with E-state index >= 15 is 0 Å². The molecule has 1 rings (SSSR count). The van der Waals surface area contributed by atoms with Crippen LogP contribution in [0.15, 0.2) is 29.2 Å². The van der Waals surface area contributed by atoms with Crippen LogP contribution in [0, 0.1) is 0 Å². The number of benzene rings is 1. The molecule has 7 heteroatoms. The Bertz CT molecular complexity index is 553. The number of ether oxygens (including phenoxy) is 1. The van der Waals surface area contributed by atoms with E-state index < -0.39 is 22.1 Å². The predicted molar refractivity (Wildman–Crippen MR) is 78.7 cm³/mol. The lowest BCUT2D eigenvalue weighted by atomic mass is 10.1. The van der Waals surface area contributed by atoms with Crippen molar-refractivity contribution in [1.29, 1.82) is 0 Å². The van der Waals surface area contributed by atoms with Crippen molar-refractivity contribution in [1.82, 2.24) is 4.72 Å². The zero-order chi connectivity index (χ0) is 15.9. The first kappa shape index (κ1) is 17.6. The molecule has 6 nitrogen and oxygen atoms in total. The van der Waals surface area contributed by atoms with Gasteiger partial charge in [-0.05, 0) is 24.1 Å². The van der Waals surface area contributed by atoms with Crippen molar-refractivity contribution in [3.05, 3.63) is 29.8 Å². The first-order valence-corrected chi connectivity index (χ1v) is 8.20. The maximum Gasteiger partial charge on any atom is 0.306 e. The van der Waals surface area contributed by atoms with Gasteiger partial charge in [0.1, 0.15) is 0 Å². The Morgan fingerprint density at radius 2 is 1.95 bits per heavy atom. The van der Waals surface area contributed by atoms with Crippen molar-refractivity contribution >= 4 is 16.0 Å². The fraction of sp³-hybridized carbons (Fsp3) is 0.500. The summed E-state index contributed by atoms with van der Waals surface area (Å²) in [7, 11) is -2.31. The molecule has 0 fully saturated rings. The van der Waals surface area contributed by atoms with Crippen LogP contribution in [0.4, 0.5) is 0 Å². The first-order valence-electron chi connectivity index (χ1n) is 6.72. The van der Waals surface area contributed by atoms with Gasteiger partial charge in [0, 0.05) is 13.7 Å². The number of carbonyl (C=O) groups is 1. The van der Waals surface area contributed by atoms with E-state index in [1.165, 1.54) is 7.11 Å². The lowest BCUT2D eigenvalue weighted by molar-refractivity contribution is -0.139. The van der Waals surface area contributed by atoms with Gasteiger partial charge in [-0.2, -0.15) is 0 Å². The quantitative estimate of drug-likeness (QED) is 0.718. The molecule has 1 unspecified atom stereocenters. The van der Waals surface area contributed by atoms with Crippen LogP contribution in [0.5, 0.6) is 0 Å². The number of aliphatic carboxylic acids is 1. The van der Waals surface area contributed by atoms with Gasteiger partial charge in [0.2, 0.25) is 10.0 Å². The Balaban J connectivity index is 2.70. The molecule has 0 saturated carbocycles. The van der Waals surface area contributed by atoms with Gasteiger partial charge in [-0.15, -0.1) is 0 Å². The van der Waals surface area contributed by atoms with Crippen LogP contribution >= 0.6 is 0 Å². The Morgan fingerprint density at radius 3 is 2.43 bits per heavy atom. The zero-order valence-corrected chi connectivity index (χ0v) is 13.0. The smallest absolute Gasteiger partial charge is 0.306 e. The fourth-order valence-electron chi connectivity index (χ4n) is 1.84. The third-order valence-corrected chi connectivity index (χ3v) is 4.45. The Kier molecular flexibility index (Phi) is 6.80. The maximum absolute atomic E-state index is 12.1. The van der Waals surface area contributed by atoms with Gasteiger partial charge < -0.3 is 9.84 Å². The van der Waals surface area contributed by atoms with E-state index in [4.69, 9.17) is 9.84 Å². The summed E-state index contributed by atoms with van der Waals surface area (Å²) in [4.78, 5) is 10.8. The summed E-state index contributed by atoms with van der Waals surface area (Å²) in [6, 6.07) is 6.66. The van der Waals surface area contributed by atoms with E-state index in [0.29, 0.717) is 0 Å². The molecule has 0 radical (unpaired) electrons. The van der Waals surface area contributed by atoms with Gasteiger partial charge in [-0.3, -0.25) is 4.79 Å². The van der Waals surface area contributed by atoms with Crippen LogP contribution in [-0.4, -0.2) is 39.3 Å². The minimum Gasteiger partial charge on any atom is -0.481 e. The molecule has 0 saturated heterocycles. The summed E-state index contributed by atoms with van der Waals surface area (Å²) in [6.07, 6.45) is 0.943. The van der Waals surface area contributed by atoms with E-state index in [1.54, 1.807) is 24.3 Å². The standard InChI is InChI=1S/C14H21NO5S/c1-3-4-11-5-7-13(8-6-11)21(18,19)15-10-12(20-2)9-14(16)17/h5-8,12,15H,3-4,9-10H2,1-2H3,(H,16,17). The number of hydrogen-bond donors (Lipinski definition) is 2. The molecule has 0 aliphatic heterocycles. The normalized spacial score (nSPS) is 13.0. The lowest BCUT2D eigenvalue weighted by Gasteiger charge is -2.14. The average molecular weight is 315 g/mol. The van der Waals surface area contributed by atoms with Crippen LogP contribution in [0.2, 0.25) is 0 Å². The first-order chi connectivity index (χ1) is 9.89. The number of carboxylic acids is 1. The number of aryl methyl sites for hydroxylation is 1. The molecule has 0 amide bonds. The summed E-state index contributed by atoms with van der Waals surface area (Å²) in [5.74, 6) is -1.04. The fourth-order valence-corrected chi connectivity index (χ4v) is 2.91. The lowest BCUT2D eigenvalue weighted by Crippen LogP contribution is -2.34. The molecule has 0 aliphatic carbocycles. The van der Waals surface area contributed by atoms with E-state index in [0.717, 1.165) is 18.4 Å². The Labute approximate surface area is 125 Å². The largest absolute Gasteiger partial charge is 0.481 e. The van der Waals surface area contributed by atoms with Crippen LogP contribution in [0.1, 0.15) is 25.3 Å². The summed E-state index contributed by atoms with van der Waals surface area (Å²) >= 11 is 0. The SMILES string of the molecule is CCCc1ccc(S(=O)(=O)NCC(CC(=O)O)OC)cc1. The van der Waals surface area contributed by atoms with E-state index in [2.05, 4.69) is 11.6 Å². The molecule has 0 aromatic heterocycles. The Hall–Kier alpha value is -1.44. The molecule has 118 valence electrons. The van der Waals surface area contributed by atoms with Gasteiger partial charge in [0.05, 0.1) is 17.4 Å². The Morgan fingerprint density at radius 1 is 1.33 bits per heavy atom. The van der Waals surface area contributed by atoms with Gasteiger partial charge in [-0.25, -0.2) is 13.1 Å². The molecule has 0 bridgehead atoms. The molecule has 1 atom stereocenters. The summed E-state index contributed by atoms with van der Waals surface area (Å²) in [6.45, 7) is 1.97. The molecular formula is C14H21NO5S. The maximum atomic E-state index is 12.1. The van der Waals surface area contributed by atoms with Crippen LogP contribution < -0.4 is 4.72 Å². The third-order valence-electron chi connectivity index (χ3n) is 3.01. The molecule has 2 N–H and O–H groups in total. The van der Waals surface area contributed by atoms with E-state index in [9.17, 15) is 13.2 Å². The van der Waals surface area contributed by atoms with Crippen molar-refractivity contribution in [2.75, 3.05) is 13.7 Å². The predicted octanol–water partition coefficient (Wildman–Crippen LogP) is 1.41. The molecule has 0 spiro atoms. The number of methoxy groups -OCH3 is 1. The highest BCUT2D eigenvalue weighted by Gasteiger charge is 2.18. The highest BCUT2D eigenvalue weighted by atomic mass is 32.2. The summed E-state index contributed by atoms with van der Waals surface area (Å²) in [5, 5.41) is 8.69. The van der Waals surface area contributed by atoms with Gasteiger partial charge in [-0.1, -0.05) is 25.5 Å².